The molecule has 5 nitrogen and oxygen atoms in total. The van der Waals surface area contributed by atoms with Gasteiger partial charge in [0.15, 0.2) is 5.13 Å². The average molecular weight is 292 g/mol. The van der Waals surface area contributed by atoms with Gasteiger partial charge in [-0.1, -0.05) is 11.3 Å². The maximum absolute atomic E-state index is 12.8. The van der Waals surface area contributed by atoms with Gasteiger partial charge in [0.2, 0.25) is 0 Å². The summed E-state index contributed by atoms with van der Waals surface area (Å²) < 4.78 is 12.8. The number of nitrogens with zero attached hydrogens (tertiary/aromatic N) is 1. The number of carbonyl (C=O) groups is 1. The van der Waals surface area contributed by atoms with Crippen LogP contribution in [-0.2, 0) is 0 Å². The number of nitrogens with two attached hydrogens (primary N) is 1. The molecule has 1 heterocycles. The summed E-state index contributed by atoms with van der Waals surface area (Å²) in [5.41, 5.74) is 6.27. The van der Waals surface area contributed by atoms with Crippen LogP contribution in [0.1, 0.15) is 22.5 Å². The van der Waals surface area contributed by atoms with Crippen molar-refractivity contribution in [1.29, 1.82) is 0 Å². The molecule has 20 heavy (non-hydrogen) atoms. The number of anilines is 3. The normalized spacial score (nSPS) is 14.1. The summed E-state index contributed by atoms with van der Waals surface area (Å²) in [6, 6.07) is 6.01. The van der Waals surface area contributed by atoms with Gasteiger partial charge in [-0.05, 0) is 37.1 Å². The minimum absolute atomic E-state index is 0.206. The van der Waals surface area contributed by atoms with Gasteiger partial charge in [-0.2, -0.15) is 0 Å². The second kappa shape index (κ2) is 5.09. The molecule has 7 heteroatoms. The van der Waals surface area contributed by atoms with Crippen LogP contribution in [0.2, 0.25) is 0 Å². The quantitative estimate of drug-likeness (QED) is 0.809. The molecule has 3 rings (SSSR count). The fourth-order valence-electron chi connectivity index (χ4n) is 1.68. The SMILES string of the molecule is Nc1nc(NC2CC2)sc1C(=O)Nc1ccc(F)cc1. The number of halogens is 1. The predicted molar refractivity (Wildman–Crippen MR) is 77.5 cm³/mol. The molecule has 0 atom stereocenters. The molecule has 0 bridgehead atoms. The number of aromatic nitrogens is 1. The summed E-state index contributed by atoms with van der Waals surface area (Å²) in [4.78, 5) is 16.6. The largest absolute Gasteiger partial charge is 0.382 e. The number of hydrogen-bond donors (Lipinski definition) is 3. The van der Waals surface area contributed by atoms with Crippen LogP contribution < -0.4 is 16.4 Å². The zero-order valence-corrected chi connectivity index (χ0v) is 11.3. The fraction of sp³-hybridized carbons (Fsp3) is 0.231. The first-order chi connectivity index (χ1) is 9.61. The summed E-state index contributed by atoms with van der Waals surface area (Å²) in [6.45, 7) is 0. The van der Waals surface area contributed by atoms with E-state index in [1.54, 1.807) is 0 Å². The third-order valence-corrected chi connectivity index (χ3v) is 3.87. The summed E-state index contributed by atoms with van der Waals surface area (Å²) in [5, 5.41) is 6.53. The number of thiazole rings is 1. The van der Waals surface area contributed by atoms with Gasteiger partial charge in [0.1, 0.15) is 16.5 Å². The van der Waals surface area contributed by atoms with E-state index in [2.05, 4.69) is 15.6 Å². The Balaban J connectivity index is 1.72. The molecular weight excluding hydrogens is 279 g/mol. The molecule has 0 aliphatic heterocycles. The van der Waals surface area contributed by atoms with Crippen molar-refractivity contribution in [2.45, 2.75) is 18.9 Å². The summed E-state index contributed by atoms with van der Waals surface area (Å²) in [7, 11) is 0. The van der Waals surface area contributed by atoms with Gasteiger partial charge < -0.3 is 16.4 Å². The molecule has 0 spiro atoms. The molecule has 0 unspecified atom stereocenters. The number of benzene rings is 1. The van der Waals surface area contributed by atoms with Crippen LogP contribution >= 0.6 is 11.3 Å². The lowest BCUT2D eigenvalue weighted by Crippen LogP contribution is -2.12. The lowest BCUT2D eigenvalue weighted by atomic mass is 10.3. The van der Waals surface area contributed by atoms with Crippen LogP contribution in [0.3, 0.4) is 0 Å². The monoisotopic (exact) mass is 292 g/mol. The van der Waals surface area contributed by atoms with Crippen molar-refractivity contribution in [2.75, 3.05) is 16.4 Å². The maximum atomic E-state index is 12.8. The highest BCUT2D eigenvalue weighted by Crippen LogP contribution is 2.30. The molecule has 1 saturated carbocycles. The second-order valence-corrected chi connectivity index (χ2v) is 5.61. The molecule has 1 aromatic heterocycles. The lowest BCUT2D eigenvalue weighted by molar-refractivity contribution is 0.103. The Morgan fingerprint density at radius 3 is 2.70 bits per heavy atom. The van der Waals surface area contributed by atoms with Crippen molar-refractivity contribution >= 4 is 33.9 Å². The van der Waals surface area contributed by atoms with Crippen LogP contribution in [0.25, 0.3) is 0 Å². The Kier molecular flexibility index (Phi) is 3.27. The number of carbonyl (C=O) groups excluding carboxylic acids is 1. The molecule has 4 N–H and O–H groups in total. The Morgan fingerprint density at radius 2 is 2.05 bits per heavy atom. The highest BCUT2D eigenvalue weighted by molar-refractivity contribution is 7.18. The third-order valence-electron chi connectivity index (χ3n) is 2.87. The molecule has 1 amide bonds. The van der Waals surface area contributed by atoms with E-state index in [9.17, 15) is 9.18 Å². The standard InChI is InChI=1S/C13H13FN4OS/c14-7-1-3-8(4-2-7)16-12(19)10-11(15)18-13(20-10)17-9-5-6-9/h1-4,9H,5-6,15H2,(H,16,19)(H,17,18). The first kappa shape index (κ1) is 12.9. The molecule has 1 aliphatic carbocycles. The Bertz CT molecular complexity index is 636. The first-order valence-corrected chi connectivity index (χ1v) is 7.03. The van der Waals surface area contributed by atoms with E-state index in [0.717, 1.165) is 12.8 Å². The van der Waals surface area contributed by atoms with Crippen LogP contribution in [0, 0.1) is 5.82 Å². The minimum Gasteiger partial charge on any atom is -0.382 e. The Labute approximate surface area is 119 Å². The van der Waals surface area contributed by atoms with Crippen LogP contribution in [-0.4, -0.2) is 16.9 Å². The van der Waals surface area contributed by atoms with E-state index in [0.29, 0.717) is 21.7 Å². The number of nitrogen functional groups attached to an aromatic ring is 1. The van der Waals surface area contributed by atoms with Crippen molar-refractivity contribution in [2.24, 2.45) is 0 Å². The number of hydrogen-bond acceptors (Lipinski definition) is 5. The van der Waals surface area contributed by atoms with E-state index >= 15 is 0 Å². The van der Waals surface area contributed by atoms with Gasteiger partial charge in [-0.25, -0.2) is 9.37 Å². The smallest absolute Gasteiger partial charge is 0.269 e. The molecular formula is C13H13FN4OS. The molecule has 2 aromatic rings. The van der Waals surface area contributed by atoms with Crippen LogP contribution in [0.15, 0.2) is 24.3 Å². The van der Waals surface area contributed by atoms with Gasteiger partial charge >= 0.3 is 0 Å². The van der Waals surface area contributed by atoms with Gasteiger partial charge in [-0.15, -0.1) is 0 Å². The molecule has 104 valence electrons. The van der Waals surface area contributed by atoms with Gasteiger partial charge in [0.25, 0.3) is 5.91 Å². The van der Waals surface area contributed by atoms with Crippen LogP contribution in [0.5, 0.6) is 0 Å². The van der Waals surface area contributed by atoms with Crippen molar-refractivity contribution in [3.05, 3.63) is 35.0 Å². The van der Waals surface area contributed by atoms with E-state index in [4.69, 9.17) is 5.73 Å². The van der Waals surface area contributed by atoms with Gasteiger partial charge in [0, 0.05) is 11.7 Å². The highest BCUT2D eigenvalue weighted by Gasteiger charge is 2.24. The van der Waals surface area contributed by atoms with Crippen molar-refractivity contribution in [3.8, 4) is 0 Å². The molecule has 1 fully saturated rings. The molecule has 1 aliphatic rings. The summed E-state index contributed by atoms with van der Waals surface area (Å²) in [5.74, 6) is -0.482. The molecule has 0 radical (unpaired) electrons. The average Bonchev–Trinajstić information content (AvgIpc) is 3.14. The van der Waals surface area contributed by atoms with Crippen LogP contribution in [0.4, 0.5) is 21.0 Å². The number of rotatable bonds is 4. The van der Waals surface area contributed by atoms with E-state index in [1.165, 1.54) is 35.6 Å². The number of nitrogens with one attached hydrogen (secondary N) is 2. The van der Waals surface area contributed by atoms with Gasteiger partial charge in [0.05, 0.1) is 0 Å². The van der Waals surface area contributed by atoms with Crippen molar-refractivity contribution in [1.82, 2.24) is 4.98 Å². The lowest BCUT2D eigenvalue weighted by Gasteiger charge is -2.03. The molecule has 1 aromatic carbocycles. The minimum atomic E-state index is -0.351. The third kappa shape index (κ3) is 2.88. The van der Waals surface area contributed by atoms with E-state index < -0.39 is 0 Å². The summed E-state index contributed by atoms with van der Waals surface area (Å²) in [6.07, 6.45) is 2.24. The fourth-order valence-corrected chi connectivity index (χ4v) is 2.54. The second-order valence-electron chi connectivity index (χ2n) is 4.61. The first-order valence-electron chi connectivity index (χ1n) is 6.21. The summed E-state index contributed by atoms with van der Waals surface area (Å²) >= 11 is 1.22. The maximum Gasteiger partial charge on any atom is 0.269 e. The zero-order valence-electron chi connectivity index (χ0n) is 10.5. The van der Waals surface area contributed by atoms with Crippen molar-refractivity contribution in [3.63, 3.8) is 0 Å². The highest BCUT2D eigenvalue weighted by atomic mass is 32.1. The van der Waals surface area contributed by atoms with Gasteiger partial charge in [-0.3, -0.25) is 4.79 Å². The van der Waals surface area contributed by atoms with E-state index in [1.807, 2.05) is 0 Å². The van der Waals surface area contributed by atoms with E-state index in [-0.39, 0.29) is 17.5 Å². The Hall–Kier alpha value is -2.15. The zero-order chi connectivity index (χ0) is 14.1. The number of amides is 1. The topological polar surface area (TPSA) is 80.0 Å². The van der Waals surface area contributed by atoms with Crippen molar-refractivity contribution < 1.29 is 9.18 Å². The molecule has 0 saturated heterocycles. The Morgan fingerprint density at radius 1 is 1.35 bits per heavy atom. The predicted octanol–water partition coefficient (Wildman–Crippen LogP) is 2.69.